The average Bonchev–Trinajstić information content (AvgIpc) is 3.43. The Bertz CT molecular complexity index is 1240. The Labute approximate surface area is 237 Å². The van der Waals surface area contributed by atoms with E-state index in [-0.39, 0.29) is 7.92 Å². The highest BCUT2D eigenvalue weighted by Gasteiger charge is 2.38. The molecule has 0 aromatic heterocycles. The molecule has 5 aromatic rings. The molecule has 1 saturated heterocycles. The van der Waals surface area contributed by atoms with Gasteiger partial charge in [0, 0.05) is 0 Å². The molecule has 0 radical (unpaired) electrons. The standard InChI is InChI=1S/C36H35P3/c1-6-16-32(17-7-1)37-26-30(28-38(33-18-8-2-9-19-33)34-20-10-3-11-21-34)31(27-37)29-39(35-22-12-4-13-23-35)36-24-14-5-15-25-36/h1-25,30-31H,26-29H2/t30-,31+,37?. The van der Waals surface area contributed by atoms with Gasteiger partial charge >= 0.3 is 0 Å². The molecule has 39 heavy (non-hydrogen) atoms. The zero-order chi connectivity index (χ0) is 26.3. The number of hydrogen-bond donors (Lipinski definition) is 0. The van der Waals surface area contributed by atoms with Gasteiger partial charge in [0.2, 0.25) is 0 Å². The van der Waals surface area contributed by atoms with Gasteiger partial charge in [0.05, 0.1) is 0 Å². The fraction of sp³-hybridized carbons (Fsp3) is 0.167. The van der Waals surface area contributed by atoms with Crippen LogP contribution >= 0.6 is 23.8 Å². The molecule has 1 aliphatic heterocycles. The van der Waals surface area contributed by atoms with Gasteiger partial charge in [-0.3, -0.25) is 0 Å². The highest BCUT2D eigenvalue weighted by molar-refractivity contribution is 7.73. The number of hydrogen-bond acceptors (Lipinski definition) is 0. The zero-order valence-corrected chi connectivity index (χ0v) is 24.9. The van der Waals surface area contributed by atoms with Crippen LogP contribution in [0.25, 0.3) is 0 Å². The Hall–Kier alpha value is -2.61. The third-order valence-electron chi connectivity index (χ3n) is 7.80. The second kappa shape index (κ2) is 13.2. The van der Waals surface area contributed by atoms with E-state index in [1.54, 1.807) is 5.30 Å². The first-order chi connectivity index (χ1) is 19.3. The van der Waals surface area contributed by atoms with Crippen molar-refractivity contribution in [1.29, 1.82) is 0 Å². The van der Waals surface area contributed by atoms with Gasteiger partial charge in [-0.15, -0.1) is 0 Å². The van der Waals surface area contributed by atoms with Crippen molar-refractivity contribution >= 4 is 50.3 Å². The molecule has 1 unspecified atom stereocenters. The van der Waals surface area contributed by atoms with E-state index >= 15 is 0 Å². The third kappa shape index (κ3) is 6.59. The van der Waals surface area contributed by atoms with Crippen LogP contribution in [0.1, 0.15) is 0 Å². The number of benzene rings is 5. The molecule has 0 nitrogen and oxygen atoms in total. The van der Waals surface area contributed by atoms with Crippen LogP contribution in [0.3, 0.4) is 0 Å². The summed E-state index contributed by atoms with van der Waals surface area (Å²) in [7, 11) is -0.920. The van der Waals surface area contributed by atoms with E-state index in [2.05, 4.69) is 152 Å². The summed E-state index contributed by atoms with van der Waals surface area (Å²) in [5, 5.41) is 7.65. The Kier molecular flexibility index (Phi) is 8.98. The Morgan fingerprint density at radius 3 is 1.00 bits per heavy atom. The SMILES string of the molecule is c1ccc(P2C[C@H](CP(c3ccccc3)c3ccccc3)[C@H](CP(c3ccccc3)c3ccccc3)C2)cc1. The maximum Gasteiger partial charge on any atom is -0.0195 e. The first kappa shape index (κ1) is 26.6. The fourth-order valence-corrected chi connectivity index (χ4v) is 14.7. The van der Waals surface area contributed by atoms with Crippen molar-refractivity contribution in [2.75, 3.05) is 24.6 Å². The molecular weight excluding hydrogens is 525 g/mol. The van der Waals surface area contributed by atoms with Crippen molar-refractivity contribution in [1.82, 2.24) is 0 Å². The monoisotopic (exact) mass is 560 g/mol. The third-order valence-corrected chi connectivity index (χ3v) is 16.0. The molecule has 3 atom stereocenters. The van der Waals surface area contributed by atoms with Crippen LogP contribution in [0.15, 0.2) is 152 Å². The lowest BCUT2D eigenvalue weighted by atomic mass is 10.0. The van der Waals surface area contributed by atoms with Crippen LogP contribution < -0.4 is 26.5 Å². The van der Waals surface area contributed by atoms with E-state index in [0.29, 0.717) is 0 Å². The molecule has 1 fully saturated rings. The summed E-state index contributed by atoms with van der Waals surface area (Å²) in [6, 6.07) is 56.7. The lowest BCUT2D eigenvalue weighted by molar-refractivity contribution is 0.507. The van der Waals surface area contributed by atoms with Crippen molar-refractivity contribution in [2.24, 2.45) is 11.8 Å². The minimum Gasteiger partial charge on any atom is -0.0747 e. The van der Waals surface area contributed by atoms with E-state index in [1.807, 2.05) is 0 Å². The van der Waals surface area contributed by atoms with Gasteiger partial charge in [0.15, 0.2) is 0 Å². The van der Waals surface area contributed by atoms with Crippen LogP contribution in [0.2, 0.25) is 0 Å². The summed E-state index contributed by atoms with van der Waals surface area (Å²) in [5.74, 6) is 1.47. The normalized spacial score (nSPS) is 17.6. The Morgan fingerprint density at radius 2 is 0.692 bits per heavy atom. The predicted molar refractivity (Wildman–Crippen MR) is 178 cm³/mol. The van der Waals surface area contributed by atoms with Crippen molar-refractivity contribution in [3.63, 3.8) is 0 Å². The molecule has 0 spiro atoms. The summed E-state index contributed by atoms with van der Waals surface area (Å²) in [6.45, 7) is 0. The molecule has 0 aliphatic carbocycles. The summed E-state index contributed by atoms with van der Waals surface area (Å²) < 4.78 is 0. The summed E-state index contributed by atoms with van der Waals surface area (Å²) in [4.78, 5) is 0. The van der Waals surface area contributed by atoms with Gasteiger partial charge in [0.1, 0.15) is 0 Å². The highest BCUT2D eigenvalue weighted by Crippen LogP contribution is 2.54. The molecule has 0 saturated carbocycles. The van der Waals surface area contributed by atoms with E-state index in [0.717, 1.165) is 11.8 Å². The molecule has 0 N–H and O–H groups in total. The number of rotatable bonds is 9. The second-order valence-electron chi connectivity index (χ2n) is 10.3. The van der Waals surface area contributed by atoms with E-state index in [9.17, 15) is 0 Å². The van der Waals surface area contributed by atoms with Crippen LogP contribution in [0, 0.1) is 11.8 Å². The molecule has 3 heteroatoms. The average molecular weight is 561 g/mol. The van der Waals surface area contributed by atoms with Gasteiger partial charge in [-0.05, 0) is 78.8 Å². The van der Waals surface area contributed by atoms with Crippen LogP contribution in [0.5, 0.6) is 0 Å². The highest BCUT2D eigenvalue weighted by atomic mass is 31.1. The van der Waals surface area contributed by atoms with Crippen molar-refractivity contribution in [2.45, 2.75) is 0 Å². The van der Waals surface area contributed by atoms with Gasteiger partial charge in [-0.25, -0.2) is 0 Å². The van der Waals surface area contributed by atoms with Gasteiger partial charge in [-0.2, -0.15) is 0 Å². The summed E-state index contributed by atoms with van der Waals surface area (Å²) in [5.41, 5.74) is 0. The maximum absolute atomic E-state index is 2.39. The first-order valence-electron chi connectivity index (χ1n) is 13.9. The summed E-state index contributed by atoms with van der Waals surface area (Å²) in [6.07, 6.45) is 5.28. The smallest absolute Gasteiger partial charge is 0.0195 e. The van der Waals surface area contributed by atoms with E-state index < -0.39 is 15.8 Å². The van der Waals surface area contributed by atoms with E-state index in [4.69, 9.17) is 0 Å². The minimum atomic E-state index is -0.392. The molecule has 0 amide bonds. The predicted octanol–water partition coefficient (Wildman–Crippen LogP) is 7.31. The lowest BCUT2D eigenvalue weighted by Crippen LogP contribution is -2.27. The van der Waals surface area contributed by atoms with Crippen molar-refractivity contribution in [3.05, 3.63) is 152 Å². The summed E-state index contributed by atoms with van der Waals surface area (Å²) >= 11 is 0. The fourth-order valence-electron chi connectivity index (χ4n) is 5.82. The minimum absolute atomic E-state index is 0.135. The largest absolute Gasteiger partial charge is 0.0747 e. The Balaban J connectivity index is 1.35. The molecule has 194 valence electrons. The zero-order valence-electron chi connectivity index (χ0n) is 22.3. The molecule has 0 bridgehead atoms. The van der Waals surface area contributed by atoms with Gasteiger partial charge in [-0.1, -0.05) is 160 Å². The molecule has 6 rings (SSSR count). The van der Waals surface area contributed by atoms with Crippen molar-refractivity contribution < 1.29 is 0 Å². The lowest BCUT2D eigenvalue weighted by Gasteiger charge is -2.29. The molecule has 5 aromatic carbocycles. The van der Waals surface area contributed by atoms with Crippen LogP contribution in [-0.4, -0.2) is 24.6 Å². The topological polar surface area (TPSA) is 0 Å². The van der Waals surface area contributed by atoms with Gasteiger partial charge < -0.3 is 0 Å². The van der Waals surface area contributed by atoms with Crippen LogP contribution in [-0.2, 0) is 0 Å². The molecule has 1 aliphatic rings. The second-order valence-corrected chi connectivity index (χ2v) is 17.2. The van der Waals surface area contributed by atoms with Crippen LogP contribution in [0.4, 0.5) is 0 Å². The van der Waals surface area contributed by atoms with Crippen molar-refractivity contribution in [3.8, 4) is 0 Å². The Morgan fingerprint density at radius 1 is 0.410 bits per heavy atom. The van der Waals surface area contributed by atoms with E-state index in [1.165, 1.54) is 45.9 Å². The maximum atomic E-state index is 2.39. The molecular formula is C36H35P3. The quantitative estimate of drug-likeness (QED) is 0.166. The molecule has 1 heterocycles. The van der Waals surface area contributed by atoms with Gasteiger partial charge in [0.25, 0.3) is 0 Å². The first-order valence-corrected chi connectivity index (χ1v) is 18.7.